The standard InChI is InChI=1S/C26H32N2O8/c1-9-10-7-8-11(25(2,3)4)18(29)13(10)19(30)14-12(9)20(31)16-17(28(5)6)21(32)15(24(27)35)23(34)26(16,36)22(14)33/h7-9,12,16-17,20,29,31-33,36H,1-6H3,(H2,27,35)/t9-,12+,16+,17-,20-,26-/m0/s1. The minimum Gasteiger partial charge on any atom is -0.510 e. The van der Waals surface area contributed by atoms with Crippen molar-refractivity contribution in [1.29, 1.82) is 0 Å². The van der Waals surface area contributed by atoms with E-state index in [1.807, 2.05) is 20.8 Å². The quantitative estimate of drug-likeness (QED) is 0.322. The lowest BCUT2D eigenvalue weighted by Crippen LogP contribution is -2.68. The highest BCUT2D eigenvalue weighted by Crippen LogP contribution is 2.56. The maximum absolute atomic E-state index is 13.8. The number of amides is 1. The normalized spacial score (nSPS) is 32.4. The molecule has 4 rings (SSSR count). The average Bonchev–Trinajstić information content (AvgIpc) is 2.75. The minimum atomic E-state index is -2.92. The number of phenolic OH excluding ortho intramolecular Hbond substituents is 1. The molecule has 36 heavy (non-hydrogen) atoms. The van der Waals surface area contributed by atoms with Crippen LogP contribution in [-0.4, -0.2) is 79.7 Å². The zero-order valence-corrected chi connectivity index (χ0v) is 21.0. The Kier molecular flexibility index (Phi) is 5.67. The van der Waals surface area contributed by atoms with E-state index in [0.29, 0.717) is 11.1 Å². The van der Waals surface area contributed by atoms with Gasteiger partial charge >= 0.3 is 0 Å². The Morgan fingerprint density at radius 3 is 2.19 bits per heavy atom. The lowest BCUT2D eigenvalue weighted by Gasteiger charge is -2.53. The van der Waals surface area contributed by atoms with Gasteiger partial charge in [-0.15, -0.1) is 0 Å². The van der Waals surface area contributed by atoms with Crippen molar-refractivity contribution in [2.75, 3.05) is 14.1 Å². The summed E-state index contributed by atoms with van der Waals surface area (Å²) in [7, 11) is 2.99. The van der Waals surface area contributed by atoms with Crippen LogP contribution in [0, 0.1) is 11.8 Å². The van der Waals surface area contributed by atoms with E-state index in [1.165, 1.54) is 19.0 Å². The second kappa shape index (κ2) is 7.89. The fraction of sp³-hybridized carbons (Fsp3) is 0.500. The van der Waals surface area contributed by atoms with Crippen LogP contribution in [0.1, 0.15) is 55.1 Å². The van der Waals surface area contributed by atoms with Gasteiger partial charge in [0.25, 0.3) is 5.91 Å². The van der Waals surface area contributed by atoms with Gasteiger partial charge in [-0.25, -0.2) is 0 Å². The van der Waals surface area contributed by atoms with E-state index in [1.54, 1.807) is 19.1 Å². The maximum Gasteiger partial charge on any atom is 0.255 e. The monoisotopic (exact) mass is 500 g/mol. The molecule has 0 radical (unpaired) electrons. The van der Waals surface area contributed by atoms with Crippen LogP contribution in [0.15, 0.2) is 34.8 Å². The lowest BCUT2D eigenvalue weighted by atomic mass is 9.55. The molecule has 3 aliphatic carbocycles. The first-order valence-electron chi connectivity index (χ1n) is 11.7. The van der Waals surface area contributed by atoms with E-state index < -0.39 is 81.1 Å². The number of likely N-dealkylation sites (N-methyl/N-ethyl adjacent to an activating group) is 1. The van der Waals surface area contributed by atoms with Gasteiger partial charge in [0.2, 0.25) is 5.78 Å². The molecule has 0 spiro atoms. The molecule has 0 aromatic heterocycles. The van der Waals surface area contributed by atoms with Crippen molar-refractivity contribution in [3.05, 3.63) is 51.5 Å². The zero-order valence-electron chi connectivity index (χ0n) is 21.0. The topological polar surface area (TPSA) is 182 Å². The number of fused-ring (bicyclic) bond motifs is 3. The van der Waals surface area contributed by atoms with Crippen molar-refractivity contribution in [3.63, 3.8) is 0 Å². The second-order valence-corrected chi connectivity index (χ2v) is 11.2. The average molecular weight is 501 g/mol. The molecular formula is C26H32N2O8. The third kappa shape index (κ3) is 3.11. The van der Waals surface area contributed by atoms with E-state index in [-0.39, 0.29) is 11.3 Å². The van der Waals surface area contributed by atoms with Crippen LogP contribution in [0.4, 0.5) is 0 Å². The van der Waals surface area contributed by atoms with Crippen molar-refractivity contribution in [3.8, 4) is 5.75 Å². The van der Waals surface area contributed by atoms with Gasteiger partial charge in [0.05, 0.1) is 23.6 Å². The Morgan fingerprint density at radius 1 is 1.11 bits per heavy atom. The highest BCUT2D eigenvalue weighted by atomic mass is 16.4. The molecule has 10 nitrogen and oxygen atoms in total. The summed E-state index contributed by atoms with van der Waals surface area (Å²) in [6, 6.07) is 2.12. The molecule has 0 saturated heterocycles. The van der Waals surface area contributed by atoms with E-state index in [9.17, 15) is 39.9 Å². The third-order valence-electron chi connectivity index (χ3n) is 7.94. The van der Waals surface area contributed by atoms with Gasteiger partial charge in [-0.2, -0.15) is 0 Å². The molecule has 0 saturated carbocycles. The molecule has 1 aromatic carbocycles. The summed E-state index contributed by atoms with van der Waals surface area (Å²) in [4.78, 5) is 40.6. The Balaban J connectivity index is 2.05. The molecule has 194 valence electrons. The van der Waals surface area contributed by atoms with Crippen LogP contribution < -0.4 is 5.73 Å². The number of Topliss-reactive ketones (excluding diaryl/α,β-unsaturated/α-hetero) is 2. The number of nitrogens with two attached hydrogens (primary N) is 1. The van der Waals surface area contributed by atoms with E-state index in [2.05, 4.69) is 0 Å². The number of phenols is 1. The van der Waals surface area contributed by atoms with E-state index >= 15 is 0 Å². The SMILES string of the molecule is C[C@H]1c2ccc(C(C)(C)C)c(O)c2C(=O)C2=C(O)[C@]3(O)C(=O)C(C(N)=O)=C(O)[C@@H](N(C)C)[C@@H]3[C@@H](O)[C@@H]21. The molecule has 0 unspecified atom stereocenters. The van der Waals surface area contributed by atoms with Gasteiger partial charge in [0, 0.05) is 17.1 Å². The fourth-order valence-electron chi connectivity index (χ4n) is 6.23. The lowest BCUT2D eigenvalue weighted by molar-refractivity contribution is -0.162. The molecule has 0 heterocycles. The number of ketones is 2. The first-order valence-corrected chi connectivity index (χ1v) is 11.7. The van der Waals surface area contributed by atoms with Gasteiger partial charge in [-0.05, 0) is 31.0 Å². The number of aliphatic hydroxyl groups excluding tert-OH is 3. The first kappa shape index (κ1) is 25.9. The predicted octanol–water partition coefficient (Wildman–Crippen LogP) is 0.950. The second-order valence-electron chi connectivity index (χ2n) is 11.2. The Bertz CT molecular complexity index is 1270. The highest BCUT2D eigenvalue weighted by molar-refractivity contribution is 6.25. The molecule has 1 amide bonds. The summed E-state index contributed by atoms with van der Waals surface area (Å²) in [5.74, 6) is -8.84. The van der Waals surface area contributed by atoms with Gasteiger partial charge < -0.3 is 31.3 Å². The van der Waals surface area contributed by atoms with Crippen LogP contribution in [0.5, 0.6) is 5.75 Å². The molecule has 1 aromatic rings. The molecule has 7 N–H and O–H groups in total. The summed E-state index contributed by atoms with van der Waals surface area (Å²) in [5.41, 5.74) is 1.40. The zero-order chi connectivity index (χ0) is 27.2. The number of carbonyl (C=O) groups excluding carboxylic acids is 3. The summed E-state index contributed by atoms with van der Waals surface area (Å²) in [5, 5.41) is 56.6. The summed E-state index contributed by atoms with van der Waals surface area (Å²) < 4.78 is 0. The Morgan fingerprint density at radius 2 is 1.69 bits per heavy atom. The largest absolute Gasteiger partial charge is 0.510 e. The predicted molar refractivity (Wildman–Crippen MR) is 128 cm³/mol. The molecule has 10 heteroatoms. The van der Waals surface area contributed by atoms with Gasteiger partial charge in [0.15, 0.2) is 11.4 Å². The number of primary amides is 1. The molecule has 0 bridgehead atoms. The first-order chi connectivity index (χ1) is 16.5. The van der Waals surface area contributed by atoms with E-state index in [4.69, 9.17) is 5.73 Å². The number of benzene rings is 1. The van der Waals surface area contributed by atoms with Crippen LogP contribution in [-0.2, 0) is 15.0 Å². The Labute approximate surface area is 208 Å². The summed E-state index contributed by atoms with van der Waals surface area (Å²) in [6.45, 7) is 7.27. The highest BCUT2D eigenvalue weighted by Gasteiger charge is 2.67. The molecule has 0 aliphatic heterocycles. The van der Waals surface area contributed by atoms with Gasteiger partial charge in [-0.1, -0.05) is 39.8 Å². The Hall–Kier alpha value is -3.21. The summed E-state index contributed by atoms with van der Waals surface area (Å²) in [6.07, 6.45) is -1.61. The molecule has 3 aliphatic rings. The van der Waals surface area contributed by atoms with Crippen LogP contribution in [0.25, 0.3) is 0 Å². The number of hydrogen-bond acceptors (Lipinski definition) is 9. The number of nitrogens with zero attached hydrogens (tertiary/aromatic N) is 1. The van der Waals surface area contributed by atoms with Crippen molar-refractivity contribution in [2.24, 2.45) is 17.6 Å². The van der Waals surface area contributed by atoms with Crippen molar-refractivity contribution in [2.45, 2.75) is 56.8 Å². The smallest absolute Gasteiger partial charge is 0.255 e. The van der Waals surface area contributed by atoms with Gasteiger partial charge in [-0.3, -0.25) is 19.3 Å². The number of aromatic hydroxyl groups is 1. The van der Waals surface area contributed by atoms with Crippen LogP contribution >= 0.6 is 0 Å². The van der Waals surface area contributed by atoms with Crippen molar-refractivity contribution < 1.29 is 39.9 Å². The molecular weight excluding hydrogens is 468 g/mol. The van der Waals surface area contributed by atoms with Crippen LogP contribution in [0.2, 0.25) is 0 Å². The molecule has 0 fully saturated rings. The number of rotatable bonds is 2. The summed E-state index contributed by atoms with van der Waals surface area (Å²) >= 11 is 0. The number of carbonyl (C=O) groups is 3. The minimum absolute atomic E-state index is 0.0806. The van der Waals surface area contributed by atoms with Gasteiger partial charge in [0.1, 0.15) is 22.8 Å². The van der Waals surface area contributed by atoms with Crippen molar-refractivity contribution in [1.82, 2.24) is 4.90 Å². The van der Waals surface area contributed by atoms with Crippen molar-refractivity contribution >= 4 is 17.5 Å². The maximum atomic E-state index is 13.8. The molecule has 6 atom stereocenters. The van der Waals surface area contributed by atoms with Crippen LogP contribution in [0.3, 0.4) is 0 Å². The number of aliphatic hydroxyl groups is 4. The van der Waals surface area contributed by atoms with E-state index in [0.717, 1.165) is 0 Å². The third-order valence-corrected chi connectivity index (χ3v) is 7.94. The fourth-order valence-corrected chi connectivity index (χ4v) is 6.23. The number of hydrogen-bond donors (Lipinski definition) is 6.